The summed E-state index contributed by atoms with van der Waals surface area (Å²) in [5, 5.41) is 7.11. The van der Waals surface area contributed by atoms with Crippen LogP contribution < -0.4 is 10.7 Å². The maximum absolute atomic E-state index is 11.9. The number of aryl methyl sites for hydroxylation is 4. The summed E-state index contributed by atoms with van der Waals surface area (Å²) in [5.74, 6) is -0.343. The smallest absolute Gasteiger partial charge is 0.256 e. The molecule has 0 radical (unpaired) electrons. The second-order valence-corrected chi connectivity index (χ2v) is 5.15. The highest BCUT2D eigenvalue weighted by Gasteiger charge is 2.09. The fourth-order valence-electron chi connectivity index (χ4n) is 2.18. The number of hydrogen-bond donors (Lipinski definition) is 2. The Bertz CT molecular complexity index is 700. The van der Waals surface area contributed by atoms with Crippen LogP contribution in [0.4, 0.5) is 0 Å². The van der Waals surface area contributed by atoms with E-state index in [-0.39, 0.29) is 16.9 Å². The Morgan fingerprint density at radius 2 is 2.10 bits per heavy atom. The molecule has 1 amide bonds. The van der Waals surface area contributed by atoms with E-state index < -0.39 is 0 Å². The van der Waals surface area contributed by atoms with E-state index in [2.05, 4.69) is 15.4 Å². The molecule has 0 aliphatic heterocycles. The molecule has 2 N–H and O–H groups in total. The molecule has 6 nitrogen and oxygen atoms in total. The molecule has 2 aromatic heterocycles. The summed E-state index contributed by atoms with van der Waals surface area (Å²) in [6, 6.07) is 3.44. The summed E-state index contributed by atoms with van der Waals surface area (Å²) >= 11 is 0. The van der Waals surface area contributed by atoms with Gasteiger partial charge in [0.2, 0.25) is 0 Å². The summed E-state index contributed by atoms with van der Waals surface area (Å²) < 4.78 is 1.92. The zero-order valence-corrected chi connectivity index (χ0v) is 12.6. The second-order valence-electron chi connectivity index (χ2n) is 5.15. The van der Waals surface area contributed by atoms with Gasteiger partial charge in [-0.05, 0) is 33.3 Å². The maximum atomic E-state index is 11.9. The maximum Gasteiger partial charge on any atom is 0.256 e. The fraction of sp³-hybridized carbons (Fsp3) is 0.400. The number of nitrogens with one attached hydrogen (secondary N) is 2. The molecule has 6 heteroatoms. The van der Waals surface area contributed by atoms with Crippen molar-refractivity contribution < 1.29 is 4.79 Å². The molecule has 0 saturated carbocycles. The van der Waals surface area contributed by atoms with Crippen LogP contribution in [0.3, 0.4) is 0 Å². The number of hydrogen-bond acceptors (Lipinski definition) is 3. The lowest BCUT2D eigenvalue weighted by Gasteiger charge is -2.06. The molecule has 0 bridgehead atoms. The van der Waals surface area contributed by atoms with Crippen molar-refractivity contribution in [3.05, 3.63) is 51.2 Å². The van der Waals surface area contributed by atoms with Crippen LogP contribution in [-0.2, 0) is 6.54 Å². The van der Waals surface area contributed by atoms with Gasteiger partial charge in [-0.25, -0.2) is 0 Å². The van der Waals surface area contributed by atoms with Crippen molar-refractivity contribution in [2.24, 2.45) is 0 Å². The van der Waals surface area contributed by atoms with Crippen LogP contribution in [0.1, 0.15) is 33.9 Å². The normalized spacial score (nSPS) is 10.6. The molecule has 112 valence electrons. The highest BCUT2D eigenvalue weighted by atomic mass is 16.2. The zero-order chi connectivity index (χ0) is 15.4. The van der Waals surface area contributed by atoms with Gasteiger partial charge in [0.15, 0.2) is 5.43 Å². The van der Waals surface area contributed by atoms with E-state index in [1.807, 2.05) is 24.6 Å². The monoisotopic (exact) mass is 288 g/mol. The van der Waals surface area contributed by atoms with Crippen molar-refractivity contribution in [2.45, 2.75) is 33.7 Å². The summed E-state index contributed by atoms with van der Waals surface area (Å²) in [7, 11) is 0. The molecule has 0 aliphatic carbocycles. The summed E-state index contributed by atoms with van der Waals surface area (Å²) in [5.41, 5.74) is 2.71. The number of carbonyl (C=O) groups is 1. The Labute approximate surface area is 123 Å². The molecule has 0 saturated heterocycles. The third kappa shape index (κ3) is 3.81. The molecule has 0 spiro atoms. The van der Waals surface area contributed by atoms with Gasteiger partial charge in [-0.15, -0.1) is 0 Å². The van der Waals surface area contributed by atoms with Gasteiger partial charge in [-0.2, -0.15) is 5.10 Å². The van der Waals surface area contributed by atoms with Gasteiger partial charge in [0.25, 0.3) is 5.91 Å². The van der Waals surface area contributed by atoms with Crippen LogP contribution in [0.5, 0.6) is 0 Å². The first-order chi connectivity index (χ1) is 9.97. The Morgan fingerprint density at radius 1 is 1.33 bits per heavy atom. The minimum absolute atomic E-state index is 0.145. The SMILES string of the molecule is Cc1cc(C)n(CCCNC(=O)c2c[nH]c(C)cc2=O)n1. The van der Waals surface area contributed by atoms with Gasteiger partial charge in [-0.3, -0.25) is 14.3 Å². The Balaban J connectivity index is 1.84. The number of rotatable bonds is 5. The van der Waals surface area contributed by atoms with E-state index in [0.717, 1.165) is 30.0 Å². The average Bonchev–Trinajstić information content (AvgIpc) is 2.73. The van der Waals surface area contributed by atoms with Gasteiger partial charge >= 0.3 is 0 Å². The predicted octanol–water partition coefficient (Wildman–Crippen LogP) is 1.32. The number of aromatic nitrogens is 3. The molecule has 21 heavy (non-hydrogen) atoms. The predicted molar refractivity (Wildman–Crippen MR) is 80.5 cm³/mol. The summed E-state index contributed by atoms with van der Waals surface area (Å²) in [6.45, 7) is 6.98. The number of pyridine rings is 1. The summed E-state index contributed by atoms with van der Waals surface area (Å²) in [6.07, 6.45) is 2.21. The lowest BCUT2D eigenvalue weighted by atomic mass is 10.2. The topological polar surface area (TPSA) is 79.8 Å². The molecule has 0 aliphatic rings. The number of carbonyl (C=O) groups excluding carboxylic acids is 1. The molecule has 0 unspecified atom stereocenters. The fourth-order valence-corrected chi connectivity index (χ4v) is 2.18. The summed E-state index contributed by atoms with van der Waals surface area (Å²) in [4.78, 5) is 26.5. The van der Waals surface area contributed by atoms with Crippen molar-refractivity contribution in [1.29, 1.82) is 0 Å². The van der Waals surface area contributed by atoms with Crippen molar-refractivity contribution >= 4 is 5.91 Å². The number of amides is 1. The van der Waals surface area contributed by atoms with Crippen LogP contribution in [0.2, 0.25) is 0 Å². The van der Waals surface area contributed by atoms with Gasteiger partial charge < -0.3 is 10.3 Å². The standard InChI is InChI=1S/C15H20N4O2/c1-10-8-14(20)13(9-17-10)15(21)16-5-4-6-19-12(3)7-11(2)18-19/h7-9H,4-6H2,1-3H3,(H,16,21)(H,17,20). The van der Waals surface area contributed by atoms with Crippen molar-refractivity contribution in [3.8, 4) is 0 Å². The highest BCUT2D eigenvalue weighted by molar-refractivity contribution is 5.93. The van der Waals surface area contributed by atoms with Gasteiger partial charge in [-0.1, -0.05) is 0 Å². The molecule has 0 fully saturated rings. The minimum atomic E-state index is -0.343. The number of aromatic amines is 1. The molecule has 2 rings (SSSR count). The second kappa shape index (κ2) is 6.39. The van der Waals surface area contributed by atoms with E-state index in [9.17, 15) is 9.59 Å². The largest absolute Gasteiger partial charge is 0.364 e. The first-order valence-corrected chi connectivity index (χ1v) is 6.96. The Kier molecular flexibility index (Phi) is 4.57. The zero-order valence-electron chi connectivity index (χ0n) is 12.6. The molecular formula is C15H20N4O2. The van der Waals surface area contributed by atoms with E-state index in [0.29, 0.717) is 6.54 Å². The molecule has 2 heterocycles. The third-order valence-electron chi connectivity index (χ3n) is 3.24. The first kappa shape index (κ1) is 15.0. The van der Waals surface area contributed by atoms with E-state index in [1.165, 1.54) is 12.3 Å². The van der Waals surface area contributed by atoms with Crippen molar-refractivity contribution in [1.82, 2.24) is 20.1 Å². The minimum Gasteiger partial charge on any atom is -0.364 e. The van der Waals surface area contributed by atoms with Crippen LogP contribution >= 0.6 is 0 Å². The third-order valence-corrected chi connectivity index (χ3v) is 3.24. The molecule has 0 atom stereocenters. The lowest BCUT2D eigenvalue weighted by Crippen LogP contribution is -2.30. The quantitative estimate of drug-likeness (QED) is 0.814. The van der Waals surface area contributed by atoms with Crippen molar-refractivity contribution in [3.63, 3.8) is 0 Å². The molecule has 0 aromatic carbocycles. The van der Waals surface area contributed by atoms with E-state index in [4.69, 9.17) is 0 Å². The average molecular weight is 288 g/mol. The number of nitrogens with zero attached hydrogens (tertiary/aromatic N) is 2. The van der Waals surface area contributed by atoms with Crippen LogP contribution in [0.25, 0.3) is 0 Å². The van der Waals surface area contributed by atoms with E-state index in [1.54, 1.807) is 6.92 Å². The number of H-pyrrole nitrogens is 1. The van der Waals surface area contributed by atoms with Crippen molar-refractivity contribution in [2.75, 3.05) is 6.54 Å². The van der Waals surface area contributed by atoms with Gasteiger partial charge in [0.05, 0.1) is 5.69 Å². The van der Waals surface area contributed by atoms with Gasteiger partial charge in [0, 0.05) is 36.7 Å². The lowest BCUT2D eigenvalue weighted by molar-refractivity contribution is 0.0951. The van der Waals surface area contributed by atoms with Crippen LogP contribution in [0.15, 0.2) is 23.1 Å². The van der Waals surface area contributed by atoms with E-state index >= 15 is 0 Å². The first-order valence-electron chi connectivity index (χ1n) is 6.96. The van der Waals surface area contributed by atoms with Crippen LogP contribution in [0, 0.1) is 20.8 Å². The molecule has 2 aromatic rings. The van der Waals surface area contributed by atoms with Gasteiger partial charge in [0.1, 0.15) is 5.56 Å². The Hall–Kier alpha value is -2.37. The Morgan fingerprint density at radius 3 is 2.71 bits per heavy atom. The molecular weight excluding hydrogens is 268 g/mol. The van der Waals surface area contributed by atoms with Crippen LogP contribution in [-0.4, -0.2) is 27.2 Å². The highest BCUT2D eigenvalue weighted by Crippen LogP contribution is 2.02.